The van der Waals surface area contributed by atoms with Crippen molar-refractivity contribution in [2.75, 3.05) is 26.4 Å². The van der Waals surface area contributed by atoms with Gasteiger partial charge in [-0.25, -0.2) is 0 Å². The Bertz CT molecular complexity index is 744. The molecule has 7 nitrogen and oxygen atoms in total. The minimum Gasteiger partial charge on any atom is -0.491 e. The molecule has 1 aromatic carbocycles. The monoisotopic (exact) mass is 470 g/mol. The van der Waals surface area contributed by atoms with Crippen LogP contribution in [0.5, 0.6) is 5.75 Å². The van der Waals surface area contributed by atoms with Crippen LogP contribution in [0.15, 0.2) is 36.9 Å². The maximum atomic E-state index is 11.7. The Morgan fingerprint density at radius 1 is 1.06 bits per heavy atom. The van der Waals surface area contributed by atoms with Gasteiger partial charge in [0.25, 0.3) is 10.1 Å². The summed E-state index contributed by atoms with van der Waals surface area (Å²) >= 11 is 0. The second-order valence-electron chi connectivity index (χ2n) is 7.65. The first-order chi connectivity index (χ1) is 15.4. The highest BCUT2D eigenvalue weighted by Gasteiger charge is 2.15. The van der Waals surface area contributed by atoms with Crippen molar-refractivity contribution in [3.05, 3.63) is 42.5 Å². The third kappa shape index (κ3) is 13.6. The molecular weight excluding hydrogens is 432 g/mol. The molecule has 1 unspecified atom stereocenters. The number of aryl methyl sites for hydroxylation is 1. The van der Waals surface area contributed by atoms with E-state index in [1.54, 1.807) is 0 Å². The number of hydrogen-bond donors (Lipinski definition) is 0. The predicted octanol–water partition coefficient (Wildman–Crippen LogP) is 4.80. The smallest absolute Gasteiger partial charge is 0.291 e. The molecular formula is C24H38O7S. The van der Waals surface area contributed by atoms with Crippen molar-refractivity contribution in [3.8, 4) is 5.75 Å². The molecule has 0 saturated carbocycles. The zero-order chi connectivity index (χ0) is 23.7. The summed E-state index contributed by atoms with van der Waals surface area (Å²) in [6.45, 7) is 5.50. The molecule has 8 heteroatoms. The van der Waals surface area contributed by atoms with Crippen molar-refractivity contribution in [2.45, 2.75) is 70.8 Å². The summed E-state index contributed by atoms with van der Waals surface area (Å²) in [5, 5.41) is 0. The van der Waals surface area contributed by atoms with Crippen LogP contribution < -0.4 is 4.74 Å². The van der Waals surface area contributed by atoms with E-state index in [1.165, 1.54) is 56.6 Å². The van der Waals surface area contributed by atoms with Gasteiger partial charge in [0.15, 0.2) is 11.7 Å². The number of rotatable bonds is 20. The lowest BCUT2D eigenvalue weighted by Crippen LogP contribution is -2.26. The molecule has 0 aliphatic heterocycles. The summed E-state index contributed by atoms with van der Waals surface area (Å²) < 4.78 is 43.0. The molecule has 0 heterocycles. The van der Waals surface area contributed by atoms with E-state index in [0.29, 0.717) is 5.75 Å². The van der Waals surface area contributed by atoms with Gasteiger partial charge in [0, 0.05) is 6.42 Å². The van der Waals surface area contributed by atoms with Crippen LogP contribution in [0.1, 0.15) is 63.9 Å². The molecule has 0 fully saturated rings. The van der Waals surface area contributed by atoms with Crippen molar-refractivity contribution < 1.29 is 31.6 Å². The van der Waals surface area contributed by atoms with Crippen molar-refractivity contribution in [1.29, 1.82) is 0 Å². The molecule has 0 aromatic heterocycles. The summed E-state index contributed by atoms with van der Waals surface area (Å²) in [5.74, 6) is -0.156. The fourth-order valence-corrected chi connectivity index (χ4v) is 3.40. The molecule has 1 atom stereocenters. The third-order valence-corrected chi connectivity index (χ3v) is 5.92. The van der Waals surface area contributed by atoms with Gasteiger partial charge in [-0.05, 0) is 36.6 Å². The van der Waals surface area contributed by atoms with Crippen LogP contribution in [0.4, 0.5) is 0 Å². The fourth-order valence-electron chi connectivity index (χ4n) is 3.03. The Morgan fingerprint density at radius 3 is 2.34 bits per heavy atom. The average molecular weight is 471 g/mol. The fraction of sp³-hybridized carbons (Fsp3) is 0.625. The van der Waals surface area contributed by atoms with Gasteiger partial charge >= 0.3 is 0 Å². The summed E-state index contributed by atoms with van der Waals surface area (Å²) in [4.78, 5) is 11.7. The lowest BCUT2D eigenvalue weighted by atomic mass is 10.0. The van der Waals surface area contributed by atoms with Crippen molar-refractivity contribution in [2.24, 2.45) is 0 Å². The summed E-state index contributed by atoms with van der Waals surface area (Å²) in [7, 11) is -2.68. The number of ketones is 1. The minimum absolute atomic E-state index is 0.0558. The van der Waals surface area contributed by atoms with Gasteiger partial charge in [0.1, 0.15) is 25.3 Å². The molecule has 0 N–H and O–H groups in total. The standard InChI is InChI=1S/C24H38O7S/c1-4-6-7-8-9-10-11-12-21-13-15-23(16-14-21)30-18-24(17-22(25)5-2)31-19-29-20-32(26,27)28-3/h5,13-16,24H,2,4,6-12,17-20H2,1,3H3. The molecule has 182 valence electrons. The Labute approximate surface area is 193 Å². The normalized spacial score (nSPS) is 12.4. The molecule has 0 aliphatic rings. The summed E-state index contributed by atoms with van der Waals surface area (Å²) in [6.07, 6.45) is 10.7. The number of benzene rings is 1. The molecule has 1 rings (SSSR count). The van der Waals surface area contributed by atoms with Crippen molar-refractivity contribution in [3.63, 3.8) is 0 Å². The minimum atomic E-state index is -3.74. The van der Waals surface area contributed by atoms with Crippen LogP contribution in [0.25, 0.3) is 0 Å². The van der Waals surface area contributed by atoms with Crippen LogP contribution in [0, 0.1) is 0 Å². The zero-order valence-electron chi connectivity index (χ0n) is 19.4. The second kappa shape index (κ2) is 16.8. The highest BCUT2D eigenvalue weighted by molar-refractivity contribution is 7.86. The third-order valence-electron chi connectivity index (χ3n) is 4.95. The average Bonchev–Trinajstić information content (AvgIpc) is 2.80. The molecule has 0 amide bonds. The van der Waals surface area contributed by atoms with Gasteiger partial charge in [0.2, 0.25) is 0 Å². The molecule has 32 heavy (non-hydrogen) atoms. The highest BCUT2D eigenvalue weighted by atomic mass is 32.2. The lowest BCUT2D eigenvalue weighted by Gasteiger charge is -2.17. The summed E-state index contributed by atoms with van der Waals surface area (Å²) in [5.41, 5.74) is 1.27. The van der Waals surface area contributed by atoms with Crippen LogP contribution in [0.2, 0.25) is 0 Å². The highest BCUT2D eigenvalue weighted by Crippen LogP contribution is 2.16. The van der Waals surface area contributed by atoms with Crippen molar-refractivity contribution in [1.82, 2.24) is 0 Å². The van der Waals surface area contributed by atoms with Crippen LogP contribution in [-0.4, -0.2) is 46.8 Å². The number of ether oxygens (including phenoxy) is 3. The Hall–Kier alpha value is -1.74. The van der Waals surface area contributed by atoms with Gasteiger partial charge < -0.3 is 14.2 Å². The van der Waals surface area contributed by atoms with E-state index < -0.39 is 22.2 Å². The first kappa shape index (κ1) is 28.3. The van der Waals surface area contributed by atoms with Gasteiger partial charge in [-0.3, -0.25) is 8.98 Å². The van der Waals surface area contributed by atoms with Gasteiger partial charge in [-0.2, -0.15) is 8.42 Å². The molecule has 0 spiro atoms. The SMILES string of the molecule is C=CC(=O)CC(COc1ccc(CCCCCCCCC)cc1)OCOCS(=O)(=O)OC. The van der Waals surface area contributed by atoms with Crippen LogP contribution in [0.3, 0.4) is 0 Å². The molecule has 0 saturated heterocycles. The number of carbonyl (C=O) groups excluding carboxylic acids is 1. The molecule has 1 aromatic rings. The Morgan fingerprint density at radius 2 is 1.72 bits per heavy atom. The number of carbonyl (C=O) groups is 1. The number of allylic oxidation sites excluding steroid dienone is 1. The van der Waals surface area contributed by atoms with E-state index in [0.717, 1.165) is 13.5 Å². The van der Waals surface area contributed by atoms with Crippen LogP contribution in [-0.2, 0) is 35.0 Å². The second-order valence-corrected chi connectivity index (χ2v) is 9.34. The Kier molecular flexibility index (Phi) is 14.9. The molecule has 0 aliphatic carbocycles. The topological polar surface area (TPSA) is 88.1 Å². The largest absolute Gasteiger partial charge is 0.491 e. The number of unbranched alkanes of at least 4 members (excludes halogenated alkanes) is 6. The maximum absolute atomic E-state index is 11.7. The first-order valence-electron chi connectivity index (χ1n) is 11.2. The van der Waals surface area contributed by atoms with E-state index in [2.05, 4.69) is 29.8 Å². The quantitative estimate of drug-likeness (QED) is 0.117. The lowest BCUT2D eigenvalue weighted by molar-refractivity contribution is -0.124. The van der Waals surface area contributed by atoms with Gasteiger partial charge in [-0.1, -0.05) is 64.2 Å². The maximum Gasteiger partial charge on any atom is 0.291 e. The van der Waals surface area contributed by atoms with Crippen LogP contribution >= 0.6 is 0 Å². The van der Waals surface area contributed by atoms with Gasteiger partial charge in [0.05, 0.1) is 7.11 Å². The van der Waals surface area contributed by atoms with E-state index >= 15 is 0 Å². The first-order valence-corrected chi connectivity index (χ1v) is 12.8. The predicted molar refractivity (Wildman–Crippen MR) is 125 cm³/mol. The van der Waals surface area contributed by atoms with E-state index in [-0.39, 0.29) is 25.6 Å². The van der Waals surface area contributed by atoms with Crippen molar-refractivity contribution >= 4 is 15.9 Å². The van der Waals surface area contributed by atoms with E-state index in [9.17, 15) is 13.2 Å². The number of hydrogen-bond acceptors (Lipinski definition) is 7. The van der Waals surface area contributed by atoms with E-state index in [4.69, 9.17) is 14.2 Å². The molecule has 0 bridgehead atoms. The van der Waals surface area contributed by atoms with Gasteiger partial charge in [-0.15, -0.1) is 0 Å². The Balaban J connectivity index is 2.39. The van der Waals surface area contributed by atoms with E-state index in [1.807, 2.05) is 12.1 Å². The molecule has 0 radical (unpaired) electrons. The summed E-state index contributed by atoms with van der Waals surface area (Å²) in [6, 6.07) is 7.92. The zero-order valence-corrected chi connectivity index (χ0v) is 20.2.